The Bertz CT molecular complexity index is 298. The van der Waals surface area contributed by atoms with Crippen molar-refractivity contribution in [2.75, 3.05) is 0 Å². The molecule has 3 nitrogen and oxygen atoms in total. The van der Waals surface area contributed by atoms with Crippen LogP contribution in [0.3, 0.4) is 0 Å². The largest absolute Gasteiger partial charge is 0.294 e. The fourth-order valence-corrected chi connectivity index (χ4v) is 1.26. The zero-order valence-electron chi connectivity index (χ0n) is 6.00. The molecular formula is C8H8N2O. The predicted octanol–water partition coefficient (Wildman–Crippen LogP) is 1.16. The van der Waals surface area contributed by atoms with E-state index in [0.717, 1.165) is 17.7 Å². The van der Waals surface area contributed by atoms with Crippen LogP contribution in [0.15, 0.2) is 18.3 Å². The molecule has 0 atom stereocenters. The fraction of sp³-hybridized carbons (Fsp3) is 0.250. The average molecular weight is 148 g/mol. The van der Waals surface area contributed by atoms with Crippen molar-refractivity contribution in [3.05, 3.63) is 24.0 Å². The van der Waals surface area contributed by atoms with E-state index in [0.29, 0.717) is 6.42 Å². The van der Waals surface area contributed by atoms with E-state index in [1.54, 1.807) is 6.20 Å². The van der Waals surface area contributed by atoms with Gasteiger partial charge in [-0.1, -0.05) is 6.08 Å². The van der Waals surface area contributed by atoms with Crippen LogP contribution in [0, 0.1) is 0 Å². The minimum Gasteiger partial charge on any atom is -0.294 e. The topological polar surface area (TPSA) is 45.8 Å². The number of nitrogens with zero attached hydrogens (tertiary/aromatic N) is 1. The van der Waals surface area contributed by atoms with E-state index in [4.69, 9.17) is 0 Å². The van der Waals surface area contributed by atoms with Gasteiger partial charge in [0.25, 0.3) is 0 Å². The zero-order chi connectivity index (χ0) is 7.68. The highest BCUT2D eigenvalue weighted by molar-refractivity contribution is 6.21. The van der Waals surface area contributed by atoms with Gasteiger partial charge >= 0.3 is 0 Å². The lowest BCUT2D eigenvalue weighted by Gasteiger charge is -1.92. The third-order valence-electron chi connectivity index (χ3n) is 1.81. The first-order valence-electron chi connectivity index (χ1n) is 3.61. The number of rotatable bonds is 1. The molecule has 1 aliphatic rings. The van der Waals surface area contributed by atoms with Gasteiger partial charge in [-0.15, -0.1) is 0 Å². The number of Topliss-reactive ketones (excluding diaryl/α,β-unsaturated/α-hetero) is 1. The lowest BCUT2D eigenvalue weighted by molar-refractivity contribution is -0.113. The number of aromatic nitrogens is 2. The van der Waals surface area contributed by atoms with Crippen LogP contribution >= 0.6 is 0 Å². The van der Waals surface area contributed by atoms with Crippen LogP contribution in [-0.4, -0.2) is 16.0 Å². The van der Waals surface area contributed by atoms with Gasteiger partial charge in [-0.3, -0.25) is 9.89 Å². The molecule has 0 radical (unpaired) electrons. The van der Waals surface area contributed by atoms with E-state index in [1.807, 2.05) is 12.1 Å². The summed E-state index contributed by atoms with van der Waals surface area (Å²) in [6.45, 7) is 0. The Morgan fingerprint density at radius 2 is 2.45 bits per heavy atom. The summed E-state index contributed by atoms with van der Waals surface area (Å²) in [5.41, 5.74) is 1.63. The van der Waals surface area contributed by atoms with Crippen LogP contribution in [-0.2, 0) is 4.79 Å². The number of ketones is 1. The van der Waals surface area contributed by atoms with Gasteiger partial charge in [0.05, 0.1) is 5.69 Å². The van der Waals surface area contributed by atoms with Crippen molar-refractivity contribution < 1.29 is 4.79 Å². The molecule has 0 aliphatic heterocycles. The average Bonchev–Trinajstić information content (AvgIpc) is 2.55. The van der Waals surface area contributed by atoms with Gasteiger partial charge in [0.15, 0.2) is 5.78 Å². The molecule has 0 amide bonds. The third kappa shape index (κ3) is 0.981. The van der Waals surface area contributed by atoms with Gasteiger partial charge < -0.3 is 0 Å². The number of hydrogen-bond donors (Lipinski definition) is 1. The molecule has 0 bridgehead atoms. The molecule has 1 aromatic rings. The summed E-state index contributed by atoms with van der Waals surface area (Å²) >= 11 is 0. The van der Waals surface area contributed by atoms with E-state index in [2.05, 4.69) is 10.2 Å². The first kappa shape index (κ1) is 6.34. The second-order valence-electron chi connectivity index (χ2n) is 2.55. The SMILES string of the molecule is O=C1CCC=C1c1ccn[nH]1. The molecule has 3 heteroatoms. The van der Waals surface area contributed by atoms with Crippen molar-refractivity contribution in [2.24, 2.45) is 0 Å². The van der Waals surface area contributed by atoms with E-state index in [1.165, 1.54) is 0 Å². The fourth-order valence-electron chi connectivity index (χ4n) is 1.26. The number of allylic oxidation sites excluding steroid dienone is 2. The standard InChI is InChI=1S/C8H8N2O/c11-8-3-1-2-6(8)7-4-5-9-10-7/h2,4-5H,1,3H2,(H,9,10). The van der Waals surface area contributed by atoms with E-state index < -0.39 is 0 Å². The Kier molecular flexibility index (Phi) is 1.35. The van der Waals surface area contributed by atoms with E-state index in [-0.39, 0.29) is 5.78 Å². The first-order valence-corrected chi connectivity index (χ1v) is 3.61. The number of nitrogens with one attached hydrogen (secondary N) is 1. The van der Waals surface area contributed by atoms with E-state index in [9.17, 15) is 4.79 Å². The summed E-state index contributed by atoms with van der Waals surface area (Å²) in [6, 6.07) is 1.81. The normalized spacial score (nSPS) is 17.1. The smallest absolute Gasteiger partial charge is 0.165 e. The molecular weight excluding hydrogens is 140 g/mol. The summed E-state index contributed by atoms with van der Waals surface area (Å²) < 4.78 is 0. The molecule has 1 N–H and O–H groups in total. The van der Waals surface area contributed by atoms with Gasteiger partial charge in [-0.05, 0) is 12.5 Å². The second-order valence-corrected chi connectivity index (χ2v) is 2.55. The van der Waals surface area contributed by atoms with Crippen LogP contribution in [0.25, 0.3) is 5.57 Å². The molecule has 0 spiro atoms. The van der Waals surface area contributed by atoms with Gasteiger partial charge in [0.2, 0.25) is 0 Å². The van der Waals surface area contributed by atoms with Crippen LogP contribution in [0.2, 0.25) is 0 Å². The Morgan fingerprint density at radius 1 is 1.55 bits per heavy atom. The maximum absolute atomic E-state index is 11.2. The molecule has 56 valence electrons. The van der Waals surface area contributed by atoms with Gasteiger partial charge in [0, 0.05) is 18.2 Å². The van der Waals surface area contributed by atoms with Crippen molar-refractivity contribution in [2.45, 2.75) is 12.8 Å². The lowest BCUT2D eigenvalue weighted by Crippen LogP contribution is -1.94. The molecule has 1 aliphatic carbocycles. The molecule has 1 aromatic heterocycles. The predicted molar refractivity (Wildman–Crippen MR) is 40.8 cm³/mol. The van der Waals surface area contributed by atoms with Crippen molar-refractivity contribution in [3.63, 3.8) is 0 Å². The maximum atomic E-state index is 11.2. The number of hydrogen-bond acceptors (Lipinski definition) is 2. The Morgan fingerprint density at radius 3 is 3.00 bits per heavy atom. The summed E-state index contributed by atoms with van der Waals surface area (Å²) in [7, 11) is 0. The number of carbonyl (C=O) groups is 1. The summed E-state index contributed by atoms with van der Waals surface area (Å²) in [5.74, 6) is 0.217. The Labute approximate surface area is 64.1 Å². The van der Waals surface area contributed by atoms with Crippen molar-refractivity contribution in [3.8, 4) is 0 Å². The van der Waals surface area contributed by atoms with Crippen LogP contribution in [0.5, 0.6) is 0 Å². The summed E-state index contributed by atoms with van der Waals surface area (Å²) in [6.07, 6.45) is 5.12. The highest BCUT2D eigenvalue weighted by Crippen LogP contribution is 2.21. The zero-order valence-corrected chi connectivity index (χ0v) is 6.00. The molecule has 1 heterocycles. The Hall–Kier alpha value is -1.38. The number of carbonyl (C=O) groups excluding carboxylic acids is 1. The molecule has 11 heavy (non-hydrogen) atoms. The quantitative estimate of drug-likeness (QED) is 0.649. The monoisotopic (exact) mass is 148 g/mol. The van der Waals surface area contributed by atoms with E-state index >= 15 is 0 Å². The van der Waals surface area contributed by atoms with Crippen LogP contribution in [0.1, 0.15) is 18.5 Å². The van der Waals surface area contributed by atoms with Gasteiger partial charge in [0.1, 0.15) is 0 Å². The second kappa shape index (κ2) is 2.34. The van der Waals surface area contributed by atoms with Crippen molar-refractivity contribution in [1.29, 1.82) is 0 Å². The molecule has 0 aromatic carbocycles. The van der Waals surface area contributed by atoms with Crippen LogP contribution in [0.4, 0.5) is 0 Å². The molecule has 0 fully saturated rings. The van der Waals surface area contributed by atoms with Gasteiger partial charge in [-0.25, -0.2) is 0 Å². The van der Waals surface area contributed by atoms with Crippen molar-refractivity contribution >= 4 is 11.4 Å². The first-order chi connectivity index (χ1) is 5.38. The highest BCUT2D eigenvalue weighted by Gasteiger charge is 2.16. The molecule has 0 saturated heterocycles. The van der Waals surface area contributed by atoms with Gasteiger partial charge in [-0.2, -0.15) is 5.10 Å². The van der Waals surface area contributed by atoms with Crippen LogP contribution < -0.4 is 0 Å². The molecule has 2 rings (SSSR count). The lowest BCUT2D eigenvalue weighted by atomic mass is 10.1. The minimum absolute atomic E-state index is 0.217. The molecule has 0 saturated carbocycles. The minimum atomic E-state index is 0.217. The third-order valence-corrected chi connectivity index (χ3v) is 1.81. The van der Waals surface area contributed by atoms with Crippen molar-refractivity contribution in [1.82, 2.24) is 10.2 Å². The summed E-state index contributed by atoms with van der Waals surface area (Å²) in [4.78, 5) is 11.2. The highest BCUT2D eigenvalue weighted by atomic mass is 16.1. The number of H-pyrrole nitrogens is 1. The summed E-state index contributed by atoms with van der Waals surface area (Å²) in [5, 5.41) is 6.55. The maximum Gasteiger partial charge on any atom is 0.165 e. The molecule has 0 unspecified atom stereocenters. The Balaban J connectivity index is 2.37. The number of aromatic amines is 1.